The second-order valence-corrected chi connectivity index (χ2v) is 9.96. The topological polar surface area (TPSA) is 85.5 Å². The van der Waals surface area contributed by atoms with Gasteiger partial charge in [0.1, 0.15) is 10.6 Å². The van der Waals surface area contributed by atoms with Gasteiger partial charge in [0.25, 0.3) is 0 Å². The van der Waals surface area contributed by atoms with E-state index >= 15 is 0 Å². The number of nitrogens with zero attached hydrogens (tertiary/aromatic N) is 3. The summed E-state index contributed by atoms with van der Waals surface area (Å²) < 4.78 is 39.0. The lowest BCUT2D eigenvalue weighted by atomic mass is 9.96. The molecule has 0 bridgehead atoms. The van der Waals surface area contributed by atoms with Gasteiger partial charge in [-0.15, -0.1) is 0 Å². The molecule has 3 aromatic rings. The maximum absolute atomic E-state index is 13.3. The second-order valence-electron chi connectivity index (χ2n) is 8.06. The molecule has 2 aromatic carbocycles. The molecule has 0 aliphatic carbocycles. The van der Waals surface area contributed by atoms with Crippen molar-refractivity contribution in [2.45, 2.75) is 38.0 Å². The maximum Gasteiger partial charge on any atom is 0.246 e. The predicted octanol–water partition coefficient (Wildman–Crippen LogP) is 4.01. The van der Waals surface area contributed by atoms with Crippen LogP contribution in [0.5, 0.6) is 5.75 Å². The molecule has 7 nitrogen and oxygen atoms in total. The zero-order valence-electron chi connectivity index (χ0n) is 18.0. The highest BCUT2D eigenvalue weighted by molar-refractivity contribution is 7.89. The Labute approximate surface area is 183 Å². The fourth-order valence-corrected chi connectivity index (χ4v) is 5.85. The first-order chi connectivity index (χ1) is 14.9. The fraction of sp³-hybridized carbons (Fsp3) is 0.391. The highest BCUT2D eigenvalue weighted by Gasteiger charge is 2.33. The third kappa shape index (κ3) is 4.50. The van der Waals surface area contributed by atoms with Gasteiger partial charge in [0.05, 0.1) is 7.11 Å². The molecule has 1 saturated heterocycles. The van der Waals surface area contributed by atoms with Gasteiger partial charge in [0.2, 0.25) is 21.7 Å². The van der Waals surface area contributed by atoms with E-state index < -0.39 is 10.0 Å². The minimum atomic E-state index is -3.65. The molecule has 164 valence electrons. The fourth-order valence-electron chi connectivity index (χ4n) is 4.05. The molecule has 1 aromatic heterocycles. The maximum atomic E-state index is 13.3. The van der Waals surface area contributed by atoms with Gasteiger partial charge in [-0.3, -0.25) is 0 Å². The highest BCUT2D eigenvalue weighted by Crippen LogP contribution is 2.31. The lowest BCUT2D eigenvalue weighted by Gasteiger charge is -2.31. The first-order valence-corrected chi connectivity index (χ1v) is 11.9. The molecule has 8 heteroatoms. The van der Waals surface area contributed by atoms with Crippen LogP contribution < -0.4 is 4.74 Å². The van der Waals surface area contributed by atoms with Gasteiger partial charge < -0.3 is 9.26 Å². The number of rotatable bonds is 6. The van der Waals surface area contributed by atoms with E-state index in [-0.39, 0.29) is 10.8 Å². The molecule has 1 fully saturated rings. The van der Waals surface area contributed by atoms with Crippen LogP contribution >= 0.6 is 0 Å². The van der Waals surface area contributed by atoms with Gasteiger partial charge in [-0.25, -0.2) is 8.42 Å². The molecular formula is C23H27N3O4S. The van der Waals surface area contributed by atoms with Crippen molar-refractivity contribution in [3.8, 4) is 17.1 Å². The Morgan fingerprint density at radius 3 is 2.77 bits per heavy atom. The summed E-state index contributed by atoms with van der Waals surface area (Å²) in [5, 5.41) is 4.13. The number of aromatic nitrogens is 2. The van der Waals surface area contributed by atoms with Gasteiger partial charge >= 0.3 is 0 Å². The summed E-state index contributed by atoms with van der Waals surface area (Å²) in [7, 11) is -2.16. The number of sulfonamides is 1. The average molecular weight is 442 g/mol. The average Bonchev–Trinajstić information content (AvgIpc) is 3.22. The summed E-state index contributed by atoms with van der Waals surface area (Å²) >= 11 is 0. The van der Waals surface area contributed by atoms with Crippen molar-refractivity contribution in [2.75, 3.05) is 20.2 Å². The first-order valence-electron chi connectivity index (χ1n) is 10.4. The van der Waals surface area contributed by atoms with Crippen molar-refractivity contribution < 1.29 is 17.7 Å². The molecular weight excluding hydrogens is 414 g/mol. The van der Waals surface area contributed by atoms with Crippen LogP contribution in [-0.2, 0) is 16.4 Å². The molecule has 0 amide bonds. The van der Waals surface area contributed by atoms with Crippen molar-refractivity contribution in [1.82, 2.24) is 14.4 Å². The summed E-state index contributed by atoms with van der Waals surface area (Å²) in [5.41, 5.74) is 2.90. The molecule has 0 saturated carbocycles. The van der Waals surface area contributed by atoms with Crippen molar-refractivity contribution in [1.29, 1.82) is 0 Å². The number of piperidine rings is 1. The molecule has 4 rings (SSSR count). The normalized spacial score (nSPS) is 17.6. The number of methoxy groups -OCH3 is 1. The zero-order chi connectivity index (χ0) is 22.0. The van der Waals surface area contributed by atoms with Gasteiger partial charge in [-0.05, 0) is 55.9 Å². The SMILES string of the molecule is COc1ccc(C)cc1S(=O)(=O)N1CCC[C@@H](Cc2nc(-c3ccccc3C)no2)C1. The van der Waals surface area contributed by atoms with E-state index in [0.717, 1.165) is 29.5 Å². The number of ether oxygens (including phenoxy) is 1. The molecule has 0 N–H and O–H groups in total. The van der Waals surface area contributed by atoms with Crippen LogP contribution in [0.25, 0.3) is 11.4 Å². The van der Waals surface area contributed by atoms with Gasteiger partial charge in [0, 0.05) is 25.1 Å². The Morgan fingerprint density at radius 2 is 2.00 bits per heavy atom. The van der Waals surface area contributed by atoms with Crippen LogP contribution in [-0.4, -0.2) is 43.1 Å². The van der Waals surface area contributed by atoms with Gasteiger partial charge in [-0.2, -0.15) is 9.29 Å². The van der Waals surface area contributed by atoms with E-state index in [4.69, 9.17) is 9.26 Å². The van der Waals surface area contributed by atoms with E-state index in [1.807, 2.05) is 44.2 Å². The molecule has 2 heterocycles. The molecule has 31 heavy (non-hydrogen) atoms. The number of benzene rings is 2. The van der Waals surface area contributed by atoms with Gasteiger partial charge in [0.15, 0.2) is 0 Å². The lowest BCUT2D eigenvalue weighted by molar-refractivity contribution is 0.246. The summed E-state index contributed by atoms with van der Waals surface area (Å²) in [6.45, 7) is 4.80. The summed E-state index contributed by atoms with van der Waals surface area (Å²) in [6, 6.07) is 13.1. The van der Waals surface area contributed by atoms with Crippen molar-refractivity contribution >= 4 is 10.0 Å². The minimum Gasteiger partial charge on any atom is -0.495 e. The summed E-state index contributed by atoms with van der Waals surface area (Å²) in [4.78, 5) is 4.77. The Bertz CT molecular complexity index is 1170. The smallest absolute Gasteiger partial charge is 0.246 e. The standard InChI is InChI=1S/C23H27N3O4S/c1-16-10-11-20(29-3)21(13-16)31(27,28)26-12-6-8-18(15-26)14-22-24-23(25-30-22)19-9-5-4-7-17(19)2/h4-5,7,9-11,13,18H,6,8,12,14-15H2,1-3H3/t18-/m0/s1. The Kier molecular flexibility index (Phi) is 6.11. The van der Waals surface area contributed by atoms with E-state index in [0.29, 0.717) is 37.0 Å². The lowest BCUT2D eigenvalue weighted by Crippen LogP contribution is -2.40. The van der Waals surface area contributed by atoms with Crippen LogP contribution in [0.15, 0.2) is 51.9 Å². The first kappa shape index (κ1) is 21.5. The number of hydrogen-bond acceptors (Lipinski definition) is 6. The molecule has 1 aliphatic rings. The van der Waals surface area contributed by atoms with Crippen molar-refractivity contribution in [2.24, 2.45) is 5.92 Å². The Balaban J connectivity index is 1.51. The molecule has 1 atom stereocenters. The molecule has 1 aliphatic heterocycles. The quantitative estimate of drug-likeness (QED) is 0.575. The molecule has 0 spiro atoms. The Hall–Kier alpha value is -2.71. The van der Waals surface area contributed by atoms with Crippen LogP contribution in [0.4, 0.5) is 0 Å². The molecule has 0 unspecified atom stereocenters. The van der Waals surface area contributed by atoms with Crippen molar-refractivity contribution in [3.63, 3.8) is 0 Å². The van der Waals surface area contributed by atoms with Crippen molar-refractivity contribution in [3.05, 3.63) is 59.5 Å². The number of aryl methyl sites for hydroxylation is 2. The van der Waals surface area contributed by atoms with E-state index in [1.54, 1.807) is 16.4 Å². The summed E-state index contributed by atoms with van der Waals surface area (Å²) in [5.74, 6) is 1.59. The highest BCUT2D eigenvalue weighted by atomic mass is 32.2. The molecule has 0 radical (unpaired) electrons. The van der Waals surface area contributed by atoms with E-state index in [1.165, 1.54) is 7.11 Å². The van der Waals surface area contributed by atoms with Crippen LogP contribution in [0.1, 0.15) is 29.9 Å². The monoisotopic (exact) mass is 441 g/mol. The largest absolute Gasteiger partial charge is 0.495 e. The van der Waals surface area contributed by atoms with Crippen LogP contribution in [0.3, 0.4) is 0 Å². The third-order valence-corrected chi connectivity index (χ3v) is 7.62. The van der Waals surface area contributed by atoms with E-state index in [2.05, 4.69) is 10.1 Å². The zero-order valence-corrected chi connectivity index (χ0v) is 18.9. The van der Waals surface area contributed by atoms with Crippen LogP contribution in [0, 0.1) is 19.8 Å². The van der Waals surface area contributed by atoms with Crippen LogP contribution in [0.2, 0.25) is 0 Å². The minimum absolute atomic E-state index is 0.115. The Morgan fingerprint density at radius 1 is 1.19 bits per heavy atom. The second kappa shape index (κ2) is 8.80. The predicted molar refractivity (Wildman–Crippen MR) is 117 cm³/mol. The van der Waals surface area contributed by atoms with E-state index in [9.17, 15) is 8.42 Å². The number of hydrogen-bond donors (Lipinski definition) is 0. The van der Waals surface area contributed by atoms with Gasteiger partial charge in [-0.1, -0.05) is 35.5 Å². The third-order valence-electron chi connectivity index (χ3n) is 5.74. The summed E-state index contributed by atoms with van der Waals surface area (Å²) in [6.07, 6.45) is 2.26.